The zero-order valence-electron chi connectivity index (χ0n) is 12.8. The van der Waals surface area contributed by atoms with Gasteiger partial charge in [-0.2, -0.15) is 0 Å². The average molecular weight is 272 g/mol. The van der Waals surface area contributed by atoms with Crippen LogP contribution in [0.15, 0.2) is 22.8 Å². The van der Waals surface area contributed by atoms with E-state index in [0.29, 0.717) is 17.9 Å². The van der Waals surface area contributed by atoms with Crippen molar-refractivity contribution in [1.29, 1.82) is 0 Å². The molecule has 1 heteroatoms. The maximum atomic E-state index is 9.41. The third kappa shape index (κ3) is 1.85. The lowest BCUT2D eigenvalue weighted by Gasteiger charge is -2.47. The first-order chi connectivity index (χ1) is 9.71. The highest BCUT2D eigenvalue weighted by atomic mass is 16.3. The maximum absolute atomic E-state index is 9.41. The molecule has 2 saturated carbocycles. The van der Waals surface area contributed by atoms with Gasteiger partial charge in [0.1, 0.15) is 0 Å². The second kappa shape index (κ2) is 4.73. The molecule has 4 aliphatic rings. The summed E-state index contributed by atoms with van der Waals surface area (Å²) < 4.78 is 0. The Morgan fingerprint density at radius 1 is 1.15 bits per heavy atom. The zero-order valence-corrected chi connectivity index (χ0v) is 12.8. The van der Waals surface area contributed by atoms with E-state index in [4.69, 9.17) is 0 Å². The van der Waals surface area contributed by atoms with E-state index in [0.717, 1.165) is 11.8 Å². The molecule has 0 spiro atoms. The summed E-state index contributed by atoms with van der Waals surface area (Å²) in [5.41, 5.74) is 5.87. The minimum atomic E-state index is 0.343. The number of hydrogen-bond acceptors (Lipinski definition) is 1. The van der Waals surface area contributed by atoms with Crippen molar-refractivity contribution < 1.29 is 5.11 Å². The fraction of sp³-hybridized carbons (Fsp3) is 0.789. The molecule has 1 N–H and O–H groups in total. The number of aliphatic hydroxyl groups is 1. The molecule has 4 aliphatic carbocycles. The van der Waals surface area contributed by atoms with Crippen molar-refractivity contribution in [3.05, 3.63) is 22.8 Å². The van der Waals surface area contributed by atoms with Crippen LogP contribution in [0.1, 0.15) is 64.7 Å². The molecule has 20 heavy (non-hydrogen) atoms. The summed E-state index contributed by atoms with van der Waals surface area (Å²) in [6, 6.07) is 0. The Hall–Kier alpha value is -0.560. The van der Waals surface area contributed by atoms with Crippen molar-refractivity contribution >= 4 is 0 Å². The van der Waals surface area contributed by atoms with E-state index in [1.807, 2.05) is 5.57 Å². The van der Waals surface area contributed by atoms with Crippen molar-refractivity contribution in [3.63, 3.8) is 0 Å². The van der Waals surface area contributed by atoms with Gasteiger partial charge in [0.05, 0.1) is 0 Å². The van der Waals surface area contributed by atoms with Crippen LogP contribution < -0.4 is 0 Å². The second-order valence-corrected chi connectivity index (χ2v) is 7.97. The molecular weight excluding hydrogens is 244 g/mol. The Kier molecular flexibility index (Phi) is 3.10. The summed E-state index contributed by atoms with van der Waals surface area (Å²) in [5.74, 6) is 2.33. The first-order valence-corrected chi connectivity index (χ1v) is 8.75. The minimum absolute atomic E-state index is 0.343. The predicted octanol–water partition coefficient (Wildman–Crippen LogP) is 4.62. The van der Waals surface area contributed by atoms with E-state index >= 15 is 0 Å². The van der Waals surface area contributed by atoms with Crippen LogP contribution in [0.25, 0.3) is 0 Å². The SMILES string of the molecule is C[C@@]12CCC[C@H]1[C@@H]1CCC3=CC(CO)CCC3=C1CC2. The molecule has 0 aromatic carbocycles. The lowest BCUT2D eigenvalue weighted by molar-refractivity contribution is 0.118. The Morgan fingerprint density at radius 2 is 2.05 bits per heavy atom. The Balaban J connectivity index is 1.69. The van der Waals surface area contributed by atoms with Gasteiger partial charge in [-0.3, -0.25) is 0 Å². The van der Waals surface area contributed by atoms with Gasteiger partial charge in [-0.15, -0.1) is 0 Å². The molecule has 0 radical (unpaired) electrons. The second-order valence-electron chi connectivity index (χ2n) is 7.97. The van der Waals surface area contributed by atoms with Crippen LogP contribution in [-0.2, 0) is 0 Å². The van der Waals surface area contributed by atoms with Crippen molar-refractivity contribution in [1.82, 2.24) is 0 Å². The molecule has 0 bridgehead atoms. The van der Waals surface area contributed by atoms with Gasteiger partial charge in [0, 0.05) is 12.5 Å². The zero-order chi connectivity index (χ0) is 13.7. The van der Waals surface area contributed by atoms with Gasteiger partial charge in [-0.05, 0) is 79.8 Å². The van der Waals surface area contributed by atoms with Crippen molar-refractivity contribution in [2.75, 3.05) is 6.61 Å². The molecule has 0 aliphatic heterocycles. The molecule has 0 aromatic rings. The molecule has 0 saturated heterocycles. The van der Waals surface area contributed by atoms with Gasteiger partial charge in [0.15, 0.2) is 0 Å². The third-order valence-corrected chi connectivity index (χ3v) is 6.99. The number of fused-ring (bicyclic) bond motifs is 4. The van der Waals surface area contributed by atoms with Gasteiger partial charge < -0.3 is 5.11 Å². The summed E-state index contributed by atoms with van der Waals surface area (Å²) in [6.45, 7) is 2.91. The van der Waals surface area contributed by atoms with Crippen LogP contribution in [0.3, 0.4) is 0 Å². The molecule has 0 amide bonds. The lowest BCUT2D eigenvalue weighted by atomic mass is 9.57. The molecule has 110 valence electrons. The third-order valence-electron chi connectivity index (χ3n) is 6.99. The van der Waals surface area contributed by atoms with Gasteiger partial charge >= 0.3 is 0 Å². The highest BCUT2D eigenvalue weighted by Gasteiger charge is 2.48. The Labute approximate surface area is 123 Å². The van der Waals surface area contributed by atoms with Crippen molar-refractivity contribution in [3.8, 4) is 0 Å². The van der Waals surface area contributed by atoms with Crippen LogP contribution in [0.5, 0.6) is 0 Å². The predicted molar refractivity (Wildman–Crippen MR) is 82.3 cm³/mol. The molecule has 1 nitrogen and oxygen atoms in total. The molecule has 0 aromatic heterocycles. The Morgan fingerprint density at radius 3 is 2.90 bits per heavy atom. The number of allylic oxidation sites excluding steroid dienone is 3. The molecule has 2 fully saturated rings. The van der Waals surface area contributed by atoms with Crippen molar-refractivity contribution in [2.24, 2.45) is 23.2 Å². The highest BCUT2D eigenvalue weighted by molar-refractivity contribution is 5.43. The summed E-state index contributed by atoms with van der Waals surface area (Å²) in [5, 5.41) is 9.41. The summed E-state index contributed by atoms with van der Waals surface area (Å²) in [7, 11) is 0. The largest absolute Gasteiger partial charge is 0.396 e. The highest BCUT2D eigenvalue weighted by Crippen LogP contribution is 2.60. The number of rotatable bonds is 1. The van der Waals surface area contributed by atoms with E-state index in [9.17, 15) is 5.11 Å². The van der Waals surface area contributed by atoms with Crippen LogP contribution >= 0.6 is 0 Å². The smallest absolute Gasteiger partial charge is 0.0494 e. The standard InChI is InChI=1S/C19H28O/c1-19-9-2-3-18(19)17-7-5-14-11-13(12-20)4-6-15(14)16(17)8-10-19/h11,13,17-18,20H,2-10,12H2,1H3/t13?,17-,18+,19+/m1/s1. The van der Waals surface area contributed by atoms with Crippen LogP contribution in [-0.4, -0.2) is 11.7 Å². The topological polar surface area (TPSA) is 20.2 Å². The van der Waals surface area contributed by atoms with E-state index < -0.39 is 0 Å². The van der Waals surface area contributed by atoms with Gasteiger partial charge in [0.2, 0.25) is 0 Å². The molecule has 1 unspecified atom stereocenters. The minimum Gasteiger partial charge on any atom is -0.396 e. The van der Waals surface area contributed by atoms with Gasteiger partial charge in [0.25, 0.3) is 0 Å². The summed E-state index contributed by atoms with van der Waals surface area (Å²) >= 11 is 0. The molecule has 4 atom stereocenters. The lowest BCUT2D eigenvalue weighted by Crippen LogP contribution is -2.37. The Bertz CT molecular complexity index is 472. The van der Waals surface area contributed by atoms with E-state index in [-0.39, 0.29) is 0 Å². The fourth-order valence-electron chi connectivity index (χ4n) is 5.87. The van der Waals surface area contributed by atoms with Crippen molar-refractivity contribution in [2.45, 2.75) is 64.7 Å². The molecule has 0 heterocycles. The average Bonchev–Trinajstić information content (AvgIpc) is 2.88. The maximum Gasteiger partial charge on any atom is 0.0494 e. The summed E-state index contributed by atoms with van der Waals surface area (Å²) in [4.78, 5) is 0. The number of aliphatic hydroxyl groups excluding tert-OH is 1. The van der Waals surface area contributed by atoms with E-state index in [1.54, 1.807) is 11.1 Å². The first-order valence-electron chi connectivity index (χ1n) is 8.75. The molecule has 4 rings (SSSR count). The van der Waals surface area contributed by atoms with Crippen LogP contribution in [0, 0.1) is 23.2 Å². The van der Waals surface area contributed by atoms with Gasteiger partial charge in [-0.1, -0.05) is 25.0 Å². The number of hydrogen-bond donors (Lipinski definition) is 1. The van der Waals surface area contributed by atoms with Crippen LogP contribution in [0.2, 0.25) is 0 Å². The normalized spacial score (nSPS) is 43.7. The first kappa shape index (κ1) is 13.1. The van der Waals surface area contributed by atoms with E-state index in [2.05, 4.69) is 13.0 Å². The fourth-order valence-corrected chi connectivity index (χ4v) is 5.87. The molecular formula is C19H28O. The van der Waals surface area contributed by atoms with Gasteiger partial charge in [-0.25, -0.2) is 0 Å². The van der Waals surface area contributed by atoms with Crippen LogP contribution in [0.4, 0.5) is 0 Å². The summed E-state index contributed by atoms with van der Waals surface area (Å²) in [6.07, 6.45) is 14.7. The monoisotopic (exact) mass is 272 g/mol. The quantitative estimate of drug-likeness (QED) is 0.738. The van der Waals surface area contributed by atoms with E-state index in [1.165, 1.54) is 57.8 Å².